The molecule has 0 spiro atoms. The van der Waals surface area contributed by atoms with E-state index in [0.717, 1.165) is 12.8 Å². The van der Waals surface area contributed by atoms with Crippen molar-refractivity contribution in [3.05, 3.63) is 0 Å². The van der Waals surface area contributed by atoms with Crippen molar-refractivity contribution in [2.24, 2.45) is 11.8 Å². The van der Waals surface area contributed by atoms with E-state index in [1.807, 2.05) is 6.92 Å². The van der Waals surface area contributed by atoms with Crippen LogP contribution in [0.25, 0.3) is 0 Å². The van der Waals surface area contributed by atoms with Gasteiger partial charge < -0.3 is 0 Å². The number of carbonyl (C=O) groups excluding carboxylic acids is 1. The lowest BCUT2D eigenvalue weighted by Crippen LogP contribution is -2.23. The van der Waals surface area contributed by atoms with Crippen LogP contribution in [-0.4, -0.2) is 5.78 Å². The van der Waals surface area contributed by atoms with Crippen LogP contribution in [0.1, 0.15) is 33.1 Å². The van der Waals surface area contributed by atoms with E-state index in [1.165, 1.54) is 6.42 Å². The maximum atomic E-state index is 11.0. The fourth-order valence-corrected chi connectivity index (χ4v) is 1.39. The van der Waals surface area contributed by atoms with Gasteiger partial charge in [-0.2, -0.15) is 0 Å². The van der Waals surface area contributed by atoms with Gasteiger partial charge in [0.05, 0.1) is 0 Å². The summed E-state index contributed by atoms with van der Waals surface area (Å²) in [5.74, 6) is 1.43. The third kappa shape index (κ3) is 1.32. The van der Waals surface area contributed by atoms with Gasteiger partial charge in [0.15, 0.2) is 0 Å². The lowest BCUT2D eigenvalue weighted by molar-refractivity contribution is -0.125. The summed E-state index contributed by atoms with van der Waals surface area (Å²) in [6.07, 6.45) is 3.18. The summed E-state index contributed by atoms with van der Waals surface area (Å²) in [5.41, 5.74) is 0. The average molecular weight is 126 g/mol. The summed E-state index contributed by atoms with van der Waals surface area (Å²) in [4.78, 5) is 11.0. The van der Waals surface area contributed by atoms with Gasteiger partial charge in [-0.3, -0.25) is 4.79 Å². The maximum Gasteiger partial charge on any atom is 0.135 e. The van der Waals surface area contributed by atoms with Gasteiger partial charge in [0, 0.05) is 12.3 Å². The van der Waals surface area contributed by atoms with Gasteiger partial charge in [0.25, 0.3) is 0 Å². The van der Waals surface area contributed by atoms with Crippen LogP contribution in [0.5, 0.6) is 0 Å². The zero-order valence-corrected chi connectivity index (χ0v) is 6.18. The topological polar surface area (TPSA) is 17.1 Å². The Hall–Kier alpha value is -0.330. The zero-order chi connectivity index (χ0) is 6.85. The van der Waals surface area contributed by atoms with Crippen molar-refractivity contribution >= 4 is 5.78 Å². The highest BCUT2D eigenvalue weighted by Gasteiger charge is 2.23. The van der Waals surface area contributed by atoms with Gasteiger partial charge in [0.2, 0.25) is 0 Å². The molecule has 1 heteroatoms. The summed E-state index contributed by atoms with van der Waals surface area (Å²) in [6, 6.07) is 0. The Morgan fingerprint density at radius 1 is 1.44 bits per heavy atom. The van der Waals surface area contributed by atoms with E-state index >= 15 is 0 Å². The fourth-order valence-electron chi connectivity index (χ4n) is 1.39. The second-order valence-electron chi connectivity index (χ2n) is 3.12. The number of Topliss-reactive ketones (excluding diaryl/α,β-unsaturated/α-hetero) is 1. The molecule has 1 saturated carbocycles. The molecule has 0 bridgehead atoms. The van der Waals surface area contributed by atoms with E-state index in [1.54, 1.807) is 0 Å². The average Bonchev–Trinajstić information content (AvgIpc) is 1.83. The van der Waals surface area contributed by atoms with E-state index in [9.17, 15) is 4.79 Å². The Bertz CT molecular complexity index is 118. The van der Waals surface area contributed by atoms with Gasteiger partial charge in [-0.15, -0.1) is 0 Å². The Morgan fingerprint density at radius 2 is 2.11 bits per heavy atom. The molecule has 0 amide bonds. The molecule has 52 valence electrons. The molecule has 0 aliphatic heterocycles. The number of hydrogen-bond acceptors (Lipinski definition) is 1. The number of ketones is 1. The fraction of sp³-hybridized carbons (Fsp3) is 0.875. The quantitative estimate of drug-likeness (QED) is 0.485. The largest absolute Gasteiger partial charge is 0.299 e. The van der Waals surface area contributed by atoms with Crippen molar-refractivity contribution in [3.63, 3.8) is 0 Å². The molecule has 2 atom stereocenters. The van der Waals surface area contributed by atoms with Crippen molar-refractivity contribution in [2.75, 3.05) is 0 Å². The van der Waals surface area contributed by atoms with Gasteiger partial charge in [-0.25, -0.2) is 0 Å². The van der Waals surface area contributed by atoms with Gasteiger partial charge in [-0.1, -0.05) is 13.8 Å². The van der Waals surface area contributed by atoms with Crippen LogP contribution in [0, 0.1) is 11.8 Å². The SMILES string of the molecule is C[C@H]1CCCC(=O)[C@@H]1C. The van der Waals surface area contributed by atoms with Crippen molar-refractivity contribution in [3.8, 4) is 0 Å². The number of hydrogen-bond donors (Lipinski definition) is 0. The van der Waals surface area contributed by atoms with Crippen molar-refractivity contribution in [2.45, 2.75) is 33.1 Å². The molecule has 0 radical (unpaired) electrons. The summed E-state index contributed by atoms with van der Waals surface area (Å²) >= 11 is 0. The van der Waals surface area contributed by atoms with Crippen LogP contribution in [0.3, 0.4) is 0 Å². The molecule has 0 heterocycles. The van der Waals surface area contributed by atoms with Crippen molar-refractivity contribution < 1.29 is 4.79 Å². The maximum absolute atomic E-state index is 11.0. The molecule has 0 aromatic heterocycles. The molecular weight excluding hydrogens is 112 g/mol. The number of rotatable bonds is 0. The molecule has 0 saturated heterocycles. The first kappa shape index (κ1) is 6.79. The molecule has 0 aromatic carbocycles. The summed E-state index contributed by atoms with van der Waals surface area (Å²) < 4.78 is 0. The molecule has 1 aliphatic carbocycles. The van der Waals surface area contributed by atoms with E-state index in [4.69, 9.17) is 0 Å². The van der Waals surface area contributed by atoms with Gasteiger partial charge >= 0.3 is 0 Å². The minimum Gasteiger partial charge on any atom is -0.299 e. The molecule has 1 nitrogen and oxygen atoms in total. The molecule has 0 unspecified atom stereocenters. The highest BCUT2D eigenvalue weighted by Crippen LogP contribution is 2.25. The third-order valence-corrected chi connectivity index (χ3v) is 2.44. The second kappa shape index (κ2) is 2.51. The molecule has 1 fully saturated rings. The Labute approximate surface area is 56.4 Å². The number of carbonyl (C=O) groups is 1. The van der Waals surface area contributed by atoms with Crippen LogP contribution >= 0.6 is 0 Å². The highest BCUT2D eigenvalue weighted by atomic mass is 16.1. The zero-order valence-electron chi connectivity index (χ0n) is 6.18. The first-order valence-electron chi connectivity index (χ1n) is 3.74. The molecule has 0 N–H and O–H groups in total. The predicted octanol–water partition coefficient (Wildman–Crippen LogP) is 2.01. The molecule has 1 rings (SSSR count). The van der Waals surface area contributed by atoms with E-state index in [-0.39, 0.29) is 0 Å². The molecule has 9 heavy (non-hydrogen) atoms. The van der Waals surface area contributed by atoms with Crippen molar-refractivity contribution in [1.82, 2.24) is 0 Å². The molecular formula is C8H14O. The van der Waals surface area contributed by atoms with E-state index < -0.39 is 0 Å². The normalized spacial score (nSPS) is 36.9. The minimum absolute atomic E-state index is 0.332. The van der Waals surface area contributed by atoms with Crippen LogP contribution < -0.4 is 0 Å². The van der Waals surface area contributed by atoms with Gasteiger partial charge in [-0.05, 0) is 18.8 Å². The third-order valence-electron chi connectivity index (χ3n) is 2.44. The molecule has 1 aliphatic rings. The minimum atomic E-state index is 0.332. The Morgan fingerprint density at radius 3 is 2.56 bits per heavy atom. The second-order valence-corrected chi connectivity index (χ2v) is 3.12. The van der Waals surface area contributed by atoms with Crippen LogP contribution in [-0.2, 0) is 4.79 Å². The van der Waals surface area contributed by atoms with Crippen LogP contribution in [0.15, 0.2) is 0 Å². The monoisotopic (exact) mass is 126 g/mol. The molecule has 0 aromatic rings. The Kier molecular flexibility index (Phi) is 1.89. The van der Waals surface area contributed by atoms with Crippen LogP contribution in [0.4, 0.5) is 0 Å². The first-order chi connectivity index (χ1) is 4.22. The lowest BCUT2D eigenvalue weighted by atomic mass is 9.81. The summed E-state index contributed by atoms with van der Waals surface area (Å²) in [5, 5.41) is 0. The van der Waals surface area contributed by atoms with Gasteiger partial charge in [0.1, 0.15) is 5.78 Å². The first-order valence-corrected chi connectivity index (χ1v) is 3.74. The summed E-state index contributed by atoms with van der Waals surface area (Å²) in [7, 11) is 0. The van der Waals surface area contributed by atoms with Crippen LogP contribution in [0.2, 0.25) is 0 Å². The van der Waals surface area contributed by atoms with Crippen molar-refractivity contribution in [1.29, 1.82) is 0 Å². The predicted molar refractivity (Wildman–Crippen MR) is 37.2 cm³/mol. The smallest absolute Gasteiger partial charge is 0.135 e. The van der Waals surface area contributed by atoms with E-state index in [0.29, 0.717) is 17.6 Å². The Balaban J connectivity index is 2.51. The standard InChI is InChI=1S/C8H14O/c1-6-4-3-5-8(9)7(6)2/h6-7H,3-5H2,1-2H3/t6-,7+/m0/s1. The van der Waals surface area contributed by atoms with E-state index in [2.05, 4.69) is 6.92 Å². The highest BCUT2D eigenvalue weighted by molar-refractivity contribution is 5.81. The summed E-state index contributed by atoms with van der Waals surface area (Å²) in [6.45, 7) is 4.22. The lowest BCUT2D eigenvalue weighted by Gasteiger charge is -2.23.